The molecule has 1 amide bonds. The summed E-state index contributed by atoms with van der Waals surface area (Å²) < 4.78 is 11.1. The number of thiophene rings is 1. The van der Waals surface area contributed by atoms with Gasteiger partial charge in [0.25, 0.3) is 0 Å². The maximum absolute atomic E-state index is 12.7. The zero-order valence-corrected chi connectivity index (χ0v) is 21.6. The van der Waals surface area contributed by atoms with Crippen LogP contribution in [0.5, 0.6) is 5.75 Å². The fourth-order valence-corrected chi connectivity index (χ4v) is 4.67. The van der Waals surface area contributed by atoms with Crippen LogP contribution in [0.15, 0.2) is 41.8 Å². The van der Waals surface area contributed by atoms with Gasteiger partial charge in [0.05, 0.1) is 13.2 Å². The lowest BCUT2D eigenvalue weighted by Gasteiger charge is -2.11. The Labute approximate surface area is 210 Å². The van der Waals surface area contributed by atoms with Crippen LogP contribution in [0.3, 0.4) is 0 Å². The number of esters is 1. The Morgan fingerprint density at radius 1 is 1.06 bits per heavy atom. The van der Waals surface area contributed by atoms with E-state index in [1.54, 1.807) is 6.92 Å². The van der Waals surface area contributed by atoms with E-state index in [4.69, 9.17) is 21.1 Å². The molecule has 0 radical (unpaired) electrons. The summed E-state index contributed by atoms with van der Waals surface area (Å²) in [6.45, 7) is 8.39. The van der Waals surface area contributed by atoms with E-state index in [1.165, 1.54) is 16.9 Å². The van der Waals surface area contributed by atoms with Crippen LogP contribution < -0.4 is 10.1 Å². The number of carbonyl (C=O) groups excluding carboxylic acids is 2. The summed E-state index contributed by atoms with van der Waals surface area (Å²) in [4.78, 5) is 25.3. The van der Waals surface area contributed by atoms with Crippen molar-refractivity contribution in [1.82, 2.24) is 0 Å². The predicted molar refractivity (Wildman–Crippen MR) is 139 cm³/mol. The number of rotatable bonds is 10. The molecule has 3 rings (SSSR count). The van der Waals surface area contributed by atoms with E-state index in [2.05, 4.69) is 12.2 Å². The second-order valence-corrected chi connectivity index (χ2v) is 9.25. The monoisotopic (exact) mass is 499 g/mol. The summed E-state index contributed by atoms with van der Waals surface area (Å²) in [5.74, 6) is 0.124. The number of anilines is 1. The SMILES string of the molecule is CCOC(=O)c1c(-c2ccc(CC)cc2)csc1NC(=O)CCCOc1cc(C)c(Cl)c(C)c1. The lowest BCUT2D eigenvalue weighted by atomic mass is 10.0. The molecule has 0 atom stereocenters. The van der Waals surface area contributed by atoms with Crippen LogP contribution in [0.25, 0.3) is 11.1 Å². The Hall–Kier alpha value is -2.83. The molecule has 0 saturated heterocycles. The normalized spacial score (nSPS) is 10.7. The van der Waals surface area contributed by atoms with Gasteiger partial charge in [-0.1, -0.05) is 42.8 Å². The number of carbonyl (C=O) groups is 2. The molecule has 7 heteroatoms. The van der Waals surface area contributed by atoms with Gasteiger partial charge < -0.3 is 14.8 Å². The molecule has 0 spiro atoms. The molecule has 3 aromatic rings. The van der Waals surface area contributed by atoms with Gasteiger partial charge in [-0.3, -0.25) is 4.79 Å². The molecule has 0 aliphatic rings. The van der Waals surface area contributed by atoms with Gasteiger partial charge in [-0.2, -0.15) is 0 Å². The Balaban J connectivity index is 1.65. The second kappa shape index (κ2) is 12.0. The van der Waals surface area contributed by atoms with Crippen LogP contribution in [-0.4, -0.2) is 25.1 Å². The molecule has 5 nitrogen and oxygen atoms in total. The Morgan fingerprint density at radius 3 is 2.35 bits per heavy atom. The average molecular weight is 500 g/mol. The highest BCUT2D eigenvalue weighted by Crippen LogP contribution is 2.36. The lowest BCUT2D eigenvalue weighted by molar-refractivity contribution is -0.116. The summed E-state index contributed by atoms with van der Waals surface area (Å²) in [6.07, 6.45) is 1.75. The van der Waals surface area contributed by atoms with Gasteiger partial charge in [-0.25, -0.2) is 4.79 Å². The third-order valence-electron chi connectivity index (χ3n) is 5.42. The molecule has 0 aliphatic carbocycles. The van der Waals surface area contributed by atoms with Gasteiger partial charge in [0, 0.05) is 22.4 Å². The van der Waals surface area contributed by atoms with Crippen LogP contribution in [-0.2, 0) is 16.0 Å². The second-order valence-electron chi connectivity index (χ2n) is 8.00. The van der Waals surface area contributed by atoms with Crippen LogP contribution in [0, 0.1) is 13.8 Å². The highest BCUT2D eigenvalue weighted by atomic mass is 35.5. The molecule has 0 bridgehead atoms. The average Bonchev–Trinajstić information content (AvgIpc) is 3.23. The summed E-state index contributed by atoms with van der Waals surface area (Å²) >= 11 is 7.53. The zero-order valence-electron chi connectivity index (χ0n) is 20.0. The summed E-state index contributed by atoms with van der Waals surface area (Å²) in [6, 6.07) is 11.9. The minimum absolute atomic E-state index is 0.174. The zero-order chi connectivity index (χ0) is 24.7. The first-order chi connectivity index (χ1) is 16.3. The predicted octanol–water partition coefficient (Wildman–Crippen LogP) is 7.22. The van der Waals surface area contributed by atoms with Gasteiger partial charge in [0.15, 0.2) is 0 Å². The fourth-order valence-electron chi connectivity index (χ4n) is 3.59. The number of nitrogens with one attached hydrogen (secondary N) is 1. The van der Waals surface area contributed by atoms with Gasteiger partial charge in [0.2, 0.25) is 5.91 Å². The largest absolute Gasteiger partial charge is 0.494 e. The van der Waals surface area contributed by atoms with Crippen LogP contribution in [0.2, 0.25) is 5.02 Å². The summed E-state index contributed by atoms with van der Waals surface area (Å²) in [5, 5.41) is 6.02. The summed E-state index contributed by atoms with van der Waals surface area (Å²) in [5.41, 5.74) is 5.21. The first kappa shape index (κ1) is 25.8. The fraction of sp³-hybridized carbons (Fsp3) is 0.333. The Kier molecular flexibility index (Phi) is 9.13. The van der Waals surface area contributed by atoms with Crippen molar-refractivity contribution in [2.45, 2.75) is 47.0 Å². The quantitative estimate of drug-likeness (QED) is 0.236. The number of amides is 1. The molecule has 1 heterocycles. The lowest BCUT2D eigenvalue weighted by Crippen LogP contribution is -2.15. The molecule has 0 unspecified atom stereocenters. The molecule has 1 N–H and O–H groups in total. The highest BCUT2D eigenvalue weighted by Gasteiger charge is 2.22. The van der Waals surface area contributed by atoms with Crippen molar-refractivity contribution in [1.29, 1.82) is 0 Å². The molecule has 34 heavy (non-hydrogen) atoms. The van der Waals surface area contributed by atoms with Crippen LogP contribution in [0.4, 0.5) is 5.00 Å². The topological polar surface area (TPSA) is 64.6 Å². The number of hydrogen-bond donors (Lipinski definition) is 1. The smallest absolute Gasteiger partial charge is 0.341 e. The molecule has 2 aromatic carbocycles. The van der Waals surface area contributed by atoms with Crippen molar-refractivity contribution < 1.29 is 19.1 Å². The van der Waals surface area contributed by atoms with Crippen molar-refractivity contribution in [3.63, 3.8) is 0 Å². The standard InChI is InChI=1S/C27H30ClNO4S/c1-5-19-9-11-20(12-10-19)22-16-34-26(24(22)27(31)32-6-2)29-23(30)8-7-13-33-21-14-17(3)25(28)18(4)15-21/h9-12,14-16H,5-8,13H2,1-4H3,(H,29,30). The van der Waals surface area contributed by atoms with Crippen molar-refractivity contribution in [3.05, 3.63) is 69.1 Å². The maximum atomic E-state index is 12.7. The molecule has 0 saturated carbocycles. The molecular weight excluding hydrogens is 470 g/mol. The van der Waals surface area contributed by atoms with Crippen LogP contribution in [0.1, 0.15) is 53.7 Å². The van der Waals surface area contributed by atoms with Crippen molar-refractivity contribution >= 4 is 39.8 Å². The number of benzene rings is 2. The molecule has 0 aliphatic heterocycles. The number of aryl methyl sites for hydroxylation is 3. The minimum atomic E-state index is -0.439. The van der Waals surface area contributed by atoms with E-state index in [-0.39, 0.29) is 18.9 Å². The van der Waals surface area contributed by atoms with Crippen molar-refractivity contribution in [2.75, 3.05) is 18.5 Å². The molecule has 180 valence electrons. The number of ether oxygens (including phenoxy) is 2. The first-order valence-corrected chi connectivity index (χ1v) is 12.7. The number of hydrogen-bond acceptors (Lipinski definition) is 5. The van der Waals surface area contributed by atoms with E-state index in [0.29, 0.717) is 23.6 Å². The van der Waals surface area contributed by atoms with Gasteiger partial charge in [0.1, 0.15) is 16.3 Å². The van der Waals surface area contributed by atoms with Gasteiger partial charge in [-0.05, 0) is 68.0 Å². The van der Waals surface area contributed by atoms with E-state index in [1.807, 2.05) is 55.6 Å². The maximum Gasteiger partial charge on any atom is 0.341 e. The Morgan fingerprint density at radius 2 is 1.74 bits per heavy atom. The van der Waals surface area contributed by atoms with E-state index >= 15 is 0 Å². The Bertz CT molecular complexity index is 1130. The summed E-state index contributed by atoms with van der Waals surface area (Å²) in [7, 11) is 0. The van der Waals surface area contributed by atoms with E-state index in [0.717, 1.165) is 39.4 Å². The highest BCUT2D eigenvalue weighted by molar-refractivity contribution is 7.15. The van der Waals surface area contributed by atoms with Gasteiger partial charge in [-0.15, -0.1) is 11.3 Å². The van der Waals surface area contributed by atoms with Crippen molar-refractivity contribution in [2.24, 2.45) is 0 Å². The van der Waals surface area contributed by atoms with Crippen molar-refractivity contribution in [3.8, 4) is 16.9 Å². The van der Waals surface area contributed by atoms with Crippen LogP contribution >= 0.6 is 22.9 Å². The molecule has 0 fully saturated rings. The van der Waals surface area contributed by atoms with E-state index < -0.39 is 5.97 Å². The molecular formula is C27H30ClNO4S. The first-order valence-electron chi connectivity index (χ1n) is 11.4. The number of halogens is 1. The minimum Gasteiger partial charge on any atom is -0.494 e. The van der Waals surface area contributed by atoms with Gasteiger partial charge >= 0.3 is 5.97 Å². The molecule has 1 aromatic heterocycles. The van der Waals surface area contributed by atoms with E-state index in [9.17, 15) is 9.59 Å². The third kappa shape index (κ3) is 6.39. The third-order valence-corrected chi connectivity index (χ3v) is 6.92.